The summed E-state index contributed by atoms with van der Waals surface area (Å²) in [5.74, 6) is 0.750. The molecule has 1 aromatic rings. The smallest absolute Gasteiger partial charge is 0.234 e. The monoisotopic (exact) mass is 321 g/mol. The lowest BCUT2D eigenvalue weighted by Gasteiger charge is -2.30. The number of carbonyl (C=O) groups is 1. The van der Waals surface area contributed by atoms with E-state index in [0.29, 0.717) is 6.54 Å². The summed E-state index contributed by atoms with van der Waals surface area (Å²) in [7, 11) is 3.72. The Bertz CT molecular complexity index is 510. The van der Waals surface area contributed by atoms with Gasteiger partial charge in [-0.25, -0.2) is 0 Å². The second-order valence-corrected chi connectivity index (χ2v) is 5.92. The number of methoxy groups -OCH3 is 1. The molecule has 0 bridgehead atoms. The maximum Gasteiger partial charge on any atom is 0.234 e. The zero-order chi connectivity index (χ0) is 16.7. The Labute approximate surface area is 138 Å². The fourth-order valence-electron chi connectivity index (χ4n) is 2.73. The average Bonchev–Trinajstić information content (AvgIpc) is 2.54. The highest BCUT2D eigenvalue weighted by Crippen LogP contribution is 2.23. The third-order valence-electron chi connectivity index (χ3n) is 3.98. The highest BCUT2D eigenvalue weighted by atomic mass is 16.5. The first kappa shape index (κ1) is 17.7. The molecule has 0 unspecified atom stereocenters. The highest BCUT2D eigenvalue weighted by molar-refractivity contribution is 5.78. The Kier molecular flexibility index (Phi) is 6.83. The summed E-state index contributed by atoms with van der Waals surface area (Å²) in [6.07, 6.45) is 0.146. The summed E-state index contributed by atoms with van der Waals surface area (Å²) >= 11 is 0. The van der Waals surface area contributed by atoms with Crippen LogP contribution in [0.25, 0.3) is 0 Å². The summed E-state index contributed by atoms with van der Waals surface area (Å²) in [5, 5.41) is 6.15. The number of likely N-dealkylation sites (N-methyl/N-ethyl adjacent to an activating group) is 1. The molecule has 1 amide bonds. The van der Waals surface area contributed by atoms with E-state index in [0.717, 1.165) is 31.0 Å². The molecule has 128 valence electrons. The van der Waals surface area contributed by atoms with E-state index in [1.165, 1.54) is 0 Å². The lowest BCUT2D eigenvalue weighted by molar-refractivity contribution is -0.121. The Morgan fingerprint density at radius 1 is 1.48 bits per heavy atom. The Balaban J connectivity index is 1.73. The topological polar surface area (TPSA) is 62.8 Å². The first-order chi connectivity index (χ1) is 11.1. The summed E-state index contributed by atoms with van der Waals surface area (Å²) < 4.78 is 11.0. The molecule has 2 rings (SSSR count). The van der Waals surface area contributed by atoms with Gasteiger partial charge in [0.05, 0.1) is 32.4 Å². The number of hydrogen-bond donors (Lipinski definition) is 2. The van der Waals surface area contributed by atoms with Gasteiger partial charge in [-0.05, 0) is 20.0 Å². The van der Waals surface area contributed by atoms with Crippen molar-refractivity contribution in [3.05, 3.63) is 29.8 Å². The van der Waals surface area contributed by atoms with E-state index in [1.807, 2.05) is 31.2 Å². The van der Waals surface area contributed by atoms with Crippen LogP contribution >= 0.6 is 0 Å². The number of amides is 1. The predicted octanol–water partition coefficient (Wildman–Crippen LogP) is 0.793. The van der Waals surface area contributed by atoms with Crippen LogP contribution in [0.5, 0.6) is 5.75 Å². The Morgan fingerprint density at radius 3 is 3.00 bits per heavy atom. The van der Waals surface area contributed by atoms with Crippen LogP contribution in [-0.2, 0) is 9.53 Å². The number of para-hydroxylation sites is 1. The van der Waals surface area contributed by atoms with E-state index in [2.05, 4.69) is 22.6 Å². The van der Waals surface area contributed by atoms with Crippen molar-refractivity contribution in [2.45, 2.75) is 19.1 Å². The minimum atomic E-state index is -0.0995. The molecule has 0 aromatic heterocycles. The molecule has 6 nitrogen and oxygen atoms in total. The molecule has 2 N–H and O–H groups in total. The molecule has 6 heteroatoms. The van der Waals surface area contributed by atoms with Crippen molar-refractivity contribution in [1.82, 2.24) is 15.5 Å². The van der Waals surface area contributed by atoms with E-state index in [9.17, 15) is 4.79 Å². The molecular weight excluding hydrogens is 294 g/mol. The second kappa shape index (κ2) is 8.86. The first-order valence-corrected chi connectivity index (χ1v) is 8.03. The zero-order valence-electron chi connectivity index (χ0n) is 14.2. The van der Waals surface area contributed by atoms with Gasteiger partial charge in [0, 0.05) is 25.2 Å². The SMILES string of the molecule is COc1ccccc1[C@@H](C)NC(=O)CNC[C@@H]1CN(C)CCO1. The Morgan fingerprint density at radius 2 is 2.26 bits per heavy atom. The minimum absolute atomic E-state index is 0.0347. The van der Waals surface area contributed by atoms with Crippen LogP contribution < -0.4 is 15.4 Å². The molecule has 0 radical (unpaired) electrons. The second-order valence-electron chi connectivity index (χ2n) is 5.92. The first-order valence-electron chi connectivity index (χ1n) is 8.03. The molecule has 2 atom stereocenters. The van der Waals surface area contributed by atoms with E-state index in [4.69, 9.17) is 9.47 Å². The molecule has 1 saturated heterocycles. The molecule has 1 aliphatic heterocycles. The number of ether oxygens (including phenoxy) is 2. The minimum Gasteiger partial charge on any atom is -0.496 e. The number of nitrogens with one attached hydrogen (secondary N) is 2. The predicted molar refractivity (Wildman–Crippen MR) is 89.7 cm³/mol. The summed E-state index contributed by atoms with van der Waals surface area (Å²) in [5.41, 5.74) is 0.973. The van der Waals surface area contributed by atoms with Gasteiger partial charge in [0.25, 0.3) is 0 Å². The van der Waals surface area contributed by atoms with Crippen molar-refractivity contribution in [2.24, 2.45) is 0 Å². The van der Waals surface area contributed by atoms with Gasteiger partial charge in [-0.3, -0.25) is 4.79 Å². The summed E-state index contributed by atoms with van der Waals surface area (Å²) in [6, 6.07) is 7.61. The molecule has 1 aromatic carbocycles. The molecule has 1 aliphatic rings. The maximum absolute atomic E-state index is 12.1. The van der Waals surface area contributed by atoms with Gasteiger partial charge in [-0.1, -0.05) is 18.2 Å². The van der Waals surface area contributed by atoms with Crippen LogP contribution in [0.1, 0.15) is 18.5 Å². The van der Waals surface area contributed by atoms with Crippen LogP contribution in [0, 0.1) is 0 Å². The standard InChI is InChI=1S/C17H27N3O3/c1-13(15-6-4-5-7-16(15)22-3)19-17(21)11-18-10-14-12-20(2)8-9-23-14/h4-7,13-14,18H,8-12H2,1-3H3,(H,19,21)/t13-,14-/m1/s1. The van der Waals surface area contributed by atoms with Crippen molar-refractivity contribution in [3.8, 4) is 5.75 Å². The third kappa shape index (κ3) is 5.49. The molecule has 1 fully saturated rings. The Hall–Kier alpha value is -1.63. The number of hydrogen-bond acceptors (Lipinski definition) is 5. The van der Waals surface area contributed by atoms with Crippen LogP contribution in [0.4, 0.5) is 0 Å². The third-order valence-corrected chi connectivity index (χ3v) is 3.98. The van der Waals surface area contributed by atoms with Crippen LogP contribution in [-0.4, -0.2) is 63.9 Å². The van der Waals surface area contributed by atoms with Crippen molar-refractivity contribution >= 4 is 5.91 Å². The summed E-state index contributed by atoms with van der Waals surface area (Å²) in [4.78, 5) is 14.3. The molecule has 0 saturated carbocycles. The number of benzene rings is 1. The van der Waals surface area contributed by atoms with Crippen molar-refractivity contribution in [1.29, 1.82) is 0 Å². The quantitative estimate of drug-likeness (QED) is 0.777. The van der Waals surface area contributed by atoms with Gasteiger partial charge < -0.3 is 25.0 Å². The molecule has 23 heavy (non-hydrogen) atoms. The van der Waals surface area contributed by atoms with Gasteiger partial charge >= 0.3 is 0 Å². The lowest BCUT2D eigenvalue weighted by atomic mass is 10.1. The summed E-state index contributed by atoms with van der Waals surface area (Å²) in [6.45, 7) is 5.53. The van der Waals surface area contributed by atoms with Gasteiger partial charge in [-0.2, -0.15) is 0 Å². The molecule has 0 aliphatic carbocycles. The van der Waals surface area contributed by atoms with Crippen LogP contribution in [0.3, 0.4) is 0 Å². The number of nitrogens with zero attached hydrogens (tertiary/aromatic N) is 1. The molecule has 0 spiro atoms. The van der Waals surface area contributed by atoms with E-state index >= 15 is 0 Å². The van der Waals surface area contributed by atoms with Gasteiger partial charge in [-0.15, -0.1) is 0 Å². The van der Waals surface area contributed by atoms with E-state index < -0.39 is 0 Å². The fraction of sp³-hybridized carbons (Fsp3) is 0.588. The number of carbonyl (C=O) groups excluding carboxylic acids is 1. The van der Waals surface area contributed by atoms with Crippen molar-refractivity contribution in [3.63, 3.8) is 0 Å². The van der Waals surface area contributed by atoms with Crippen molar-refractivity contribution < 1.29 is 14.3 Å². The van der Waals surface area contributed by atoms with Crippen LogP contribution in [0.2, 0.25) is 0 Å². The molecule has 1 heterocycles. The normalized spacial score (nSPS) is 20.0. The lowest BCUT2D eigenvalue weighted by Crippen LogP contribution is -2.46. The van der Waals surface area contributed by atoms with Gasteiger partial charge in [0.1, 0.15) is 5.75 Å². The largest absolute Gasteiger partial charge is 0.496 e. The highest BCUT2D eigenvalue weighted by Gasteiger charge is 2.18. The average molecular weight is 321 g/mol. The van der Waals surface area contributed by atoms with Gasteiger partial charge in [0.15, 0.2) is 0 Å². The zero-order valence-corrected chi connectivity index (χ0v) is 14.2. The molecular formula is C17H27N3O3. The van der Waals surface area contributed by atoms with E-state index in [1.54, 1.807) is 7.11 Å². The van der Waals surface area contributed by atoms with Crippen molar-refractivity contribution in [2.75, 3.05) is 46.9 Å². The van der Waals surface area contributed by atoms with Crippen LogP contribution in [0.15, 0.2) is 24.3 Å². The van der Waals surface area contributed by atoms with E-state index in [-0.39, 0.29) is 24.6 Å². The maximum atomic E-state index is 12.1. The number of morpholine rings is 1. The fourth-order valence-corrected chi connectivity index (χ4v) is 2.73. The number of rotatable bonds is 7. The van der Waals surface area contributed by atoms with Gasteiger partial charge in [0.2, 0.25) is 5.91 Å².